The van der Waals surface area contributed by atoms with Crippen molar-refractivity contribution in [3.8, 4) is 16.9 Å². The second kappa shape index (κ2) is 7.70. The minimum absolute atomic E-state index is 0.0768. The maximum atomic E-state index is 12.4. The summed E-state index contributed by atoms with van der Waals surface area (Å²) in [5.74, 6) is -0.0768. The zero-order valence-corrected chi connectivity index (χ0v) is 16.0. The summed E-state index contributed by atoms with van der Waals surface area (Å²) in [5, 5.41) is 2.94. The Bertz CT molecular complexity index is 1100. The van der Waals surface area contributed by atoms with Gasteiger partial charge in [0.2, 0.25) is 0 Å². The van der Waals surface area contributed by atoms with E-state index in [0.29, 0.717) is 12.1 Å². The summed E-state index contributed by atoms with van der Waals surface area (Å²) < 4.78 is 2.04. The highest BCUT2D eigenvalue weighted by atomic mass is 16.1. The summed E-state index contributed by atoms with van der Waals surface area (Å²) in [5.41, 5.74) is 5.60. The molecule has 0 aliphatic rings. The van der Waals surface area contributed by atoms with Crippen LogP contribution in [0.4, 0.5) is 0 Å². The van der Waals surface area contributed by atoms with Gasteiger partial charge in [-0.3, -0.25) is 9.36 Å². The molecule has 2 aromatic carbocycles. The molecule has 1 amide bonds. The molecular weight excluding hydrogens is 350 g/mol. The Morgan fingerprint density at radius 3 is 2.82 bits per heavy atom. The Hall–Kier alpha value is -3.38. The number of nitrogens with zero attached hydrogens (tertiary/aromatic N) is 3. The van der Waals surface area contributed by atoms with Crippen LogP contribution in [0.25, 0.3) is 28.0 Å². The molecule has 0 saturated heterocycles. The van der Waals surface area contributed by atoms with E-state index in [-0.39, 0.29) is 5.91 Å². The maximum absolute atomic E-state index is 12.4. The molecule has 6 nitrogen and oxygen atoms in total. The van der Waals surface area contributed by atoms with E-state index in [2.05, 4.69) is 33.5 Å². The number of aromatic amines is 1. The van der Waals surface area contributed by atoms with E-state index in [0.717, 1.165) is 34.5 Å². The Balaban J connectivity index is 1.60. The van der Waals surface area contributed by atoms with Gasteiger partial charge in [0.05, 0.1) is 11.0 Å². The van der Waals surface area contributed by atoms with E-state index in [4.69, 9.17) is 0 Å². The molecule has 6 heteroatoms. The Labute approximate surface area is 163 Å². The number of benzene rings is 2. The summed E-state index contributed by atoms with van der Waals surface area (Å²) in [6, 6.07) is 17.9. The van der Waals surface area contributed by atoms with Crippen molar-refractivity contribution in [1.82, 2.24) is 24.8 Å². The number of hydrogen-bond acceptors (Lipinski definition) is 3. The normalized spacial score (nSPS) is 11.2. The number of imidazole rings is 1. The number of hydrogen-bond donors (Lipinski definition) is 2. The molecule has 28 heavy (non-hydrogen) atoms. The van der Waals surface area contributed by atoms with Gasteiger partial charge in [0.25, 0.3) is 5.91 Å². The fourth-order valence-corrected chi connectivity index (χ4v) is 3.19. The minimum Gasteiger partial charge on any atom is -0.361 e. The molecule has 0 atom stereocenters. The highest BCUT2D eigenvalue weighted by Gasteiger charge is 2.11. The second-order valence-electron chi connectivity index (χ2n) is 7.01. The zero-order chi connectivity index (χ0) is 19.5. The van der Waals surface area contributed by atoms with Crippen molar-refractivity contribution in [2.24, 2.45) is 0 Å². The molecule has 0 aliphatic heterocycles. The Kier molecular flexibility index (Phi) is 4.95. The summed E-state index contributed by atoms with van der Waals surface area (Å²) >= 11 is 0. The Morgan fingerprint density at radius 1 is 1.14 bits per heavy atom. The molecule has 0 spiro atoms. The van der Waals surface area contributed by atoms with E-state index in [1.807, 2.05) is 66.2 Å². The third kappa shape index (κ3) is 3.68. The fourth-order valence-electron chi connectivity index (χ4n) is 3.19. The summed E-state index contributed by atoms with van der Waals surface area (Å²) in [7, 11) is 3.96. The number of fused-ring (bicyclic) bond motifs is 1. The van der Waals surface area contributed by atoms with Crippen LogP contribution in [-0.4, -0.2) is 52.5 Å². The quantitative estimate of drug-likeness (QED) is 0.545. The first-order chi connectivity index (χ1) is 13.6. The molecular formula is C22H23N5O. The first-order valence-electron chi connectivity index (χ1n) is 9.26. The Morgan fingerprint density at radius 2 is 2.04 bits per heavy atom. The molecule has 0 radical (unpaired) electrons. The molecule has 0 bridgehead atoms. The van der Waals surface area contributed by atoms with Gasteiger partial charge in [-0.1, -0.05) is 12.1 Å². The van der Waals surface area contributed by atoms with E-state index >= 15 is 0 Å². The number of likely N-dealkylation sites (N-methyl/N-ethyl adjacent to an activating group) is 1. The molecule has 0 unspecified atom stereocenters. The SMILES string of the molecule is CN(C)CCNC(=O)c1ccc2c(c1)ncn2-c1cccc(-c2ccc[nH]2)c1. The van der Waals surface area contributed by atoms with Crippen molar-refractivity contribution < 1.29 is 4.79 Å². The number of H-pyrrole nitrogens is 1. The monoisotopic (exact) mass is 373 g/mol. The van der Waals surface area contributed by atoms with Crippen molar-refractivity contribution in [2.45, 2.75) is 0 Å². The lowest BCUT2D eigenvalue weighted by molar-refractivity contribution is 0.0951. The number of rotatable bonds is 6. The van der Waals surface area contributed by atoms with Crippen LogP contribution in [0.5, 0.6) is 0 Å². The topological polar surface area (TPSA) is 66.0 Å². The lowest BCUT2D eigenvalue weighted by Crippen LogP contribution is -2.31. The van der Waals surface area contributed by atoms with Crippen LogP contribution in [0.15, 0.2) is 67.1 Å². The van der Waals surface area contributed by atoms with E-state index in [1.54, 1.807) is 6.33 Å². The molecule has 2 heterocycles. The maximum Gasteiger partial charge on any atom is 0.251 e. The molecule has 4 rings (SSSR count). The fraction of sp³-hybridized carbons (Fsp3) is 0.182. The number of aromatic nitrogens is 3. The van der Waals surface area contributed by atoms with Gasteiger partial charge >= 0.3 is 0 Å². The summed E-state index contributed by atoms with van der Waals surface area (Å²) in [6.45, 7) is 1.42. The van der Waals surface area contributed by atoms with E-state index in [9.17, 15) is 4.79 Å². The van der Waals surface area contributed by atoms with Crippen molar-refractivity contribution in [1.29, 1.82) is 0 Å². The standard InChI is InChI=1S/C22H23N5O/c1-26(2)12-11-24-22(28)17-8-9-21-20(14-17)25-15-27(21)18-6-3-5-16(13-18)19-7-4-10-23-19/h3-10,13-15,23H,11-12H2,1-2H3,(H,24,28). The average molecular weight is 373 g/mol. The van der Waals surface area contributed by atoms with Crippen LogP contribution in [-0.2, 0) is 0 Å². The predicted octanol–water partition coefficient (Wildman–Crippen LogP) is 3.31. The van der Waals surface area contributed by atoms with Crippen molar-refractivity contribution in [3.05, 3.63) is 72.7 Å². The third-order valence-corrected chi connectivity index (χ3v) is 4.69. The summed E-state index contributed by atoms with van der Waals surface area (Å²) in [4.78, 5) is 22.1. The third-order valence-electron chi connectivity index (χ3n) is 4.69. The van der Waals surface area contributed by atoms with Crippen LogP contribution in [0, 0.1) is 0 Å². The van der Waals surface area contributed by atoms with Crippen LogP contribution in [0.3, 0.4) is 0 Å². The van der Waals surface area contributed by atoms with Crippen LogP contribution < -0.4 is 5.32 Å². The lowest BCUT2D eigenvalue weighted by Gasteiger charge is -2.10. The van der Waals surface area contributed by atoms with Gasteiger partial charge < -0.3 is 15.2 Å². The molecule has 0 aliphatic carbocycles. The van der Waals surface area contributed by atoms with Crippen molar-refractivity contribution >= 4 is 16.9 Å². The van der Waals surface area contributed by atoms with E-state index < -0.39 is 0 Å². The lowest BCUT2D eigenvalue weighted by atomic mass is 10.1. The van der Waals surface area contributed by atoms with Gasteiger partial charge in [-0.05, 0) is 62.1 Å². The number of carbonyl (C=O) groups excluding carboxylic acids is 1. The van der Waals surface area contributed by atoms with Gasteiger partial charge in [-0.25, -0.2) is 4.98 Å². The molecule has 0 saturated carbocycles. The number of carbonyl (C=O) groups is 1. The van der Waals surface area contributed by atoms with Crippen molar-refractivity contribution in [2.75, 3.05) is 27.2 Å². The van der Waals surface area contributed by atoms with Gasteiger partial charge in [0.15, 0.2) is 0 Å². The smallest absolute Gasteiger partial charge is 0.251 e. The predicted molar refractivity (Wildman–Crippen MR) is 112 cm³/mol. The number of amides is 1. The van der Waals surface area contributed by atoms with E-state index in [1.165, 1.54) is 0 Å². The first kappa shape index (κ1) is 18.0. The minimum atomic E-state index is -0.0768. The highest BCUT2D eigenvalue weighted by Crippen LogP contribution is 2.24. The largest absolute Gasteiger partial charge is 0.361 e. The van der Waals surface area contributed by atoms with Gasteiger partial charge in [0, 0.05) is 36.2 Å². The first-order valence-corrected chi connectivity index (χ1v) is 9.26. The van der Waals surface area contributed by atoms with Gasteiger partial charge in [-0.2, -0.15) is 0 Å². The highest BCUT2D eigenvalue weighted by molar-refractivity contribution is 5.97. The molecule has 0 fully saturated rings. The molecule has 142 valence electrons. The molecule has 2 N–H and O–H groups in total. The van der Waals surface area contributed by atoms with Crippen LogP contribution >= 0.6 is 0 Å². The summed E-state index contributed by atoms with van der Waals surface area (Å²) in [6.07, 6.45) is 3.71. The van der Waals surface area contributed by atoms with Crippen LogP contribution in [0.2, 0.25) is 0 Å². The van der Waals surface area contributed by atoms with Crippen LogP contribution in [0.1, 0.15) is 10.4 Å². The average Bonchev–Trinajstić information content (AvgIpc) is 3.37. The second-order valence-corrected chi connectivity index (χ2v) is 7.01. The molecule has 2 aromatic heterocycles. The molecule has 4 aromatic rings. The van der Waals surface area contributed by atoms with Crippen molar-refractivity contribution in [3.63, 3.8) is 0 Å². The zero-order valence-electron chi connectivity index (χ0n) is 16.0. The van der Waals surface area contributed by atoms with Gasteiger partial charge in [-0.15, -0.1) is 0 Å². The van der Waals surface area contributed by atoms with Gasteiger partial charge in [0.1, 0.15) is 6.33 Å². The number of nitrogens with one attached hydrogen (secondary N) is 2.